The Labute approximate surface area is 239 Å². The van der Waals surface area contributed by atoms with Gasteiger partial charge in [0.2, 0.25) is 21.9 Å². The lowest BCUT2D eigenvalue weighted by molar-refractivity contribution is 0.0349. The number of hydrogen-bond donors (Lipinski definition) is 3. The van der Waals surface area contributed by atoms with Gasteiger partial charge in [-0.1, -0.05) is 0 Å². The number of piperidine rings is 2. The lowest BCUT2D eigenvalue weighted by Gasteiger charge is -2.35. The van der Waals surface area contributed by atoms with Gasteiger partial charge < -0.3 is 24.4 Å². The van der Waals surface area contributed by atoms with Crippen molar-refractivity contribution in [2.24, 2.45) is 5.41 Å². The minimum atomic E-state index is -3.68. The third-order valence-corrected chi connectivity index (χ3v) is 9.86. The van der Waals surface area contributed by atoms with Crippen molar-refractivity contribution < 1.29 is 23.0 Å². The summed E-state index contributed by atoms with van der Waals surface area (Å²) in [6.07, 6.45) is 6.01. The lowest BCUT2D eigenvalue weighted by Crippen LogP contribution is -2.43. The molecule has 3 fully saturated rings. The van der Waals surface area contributed by atoms with Gasteiger partial charge in [0, 0.05) is 31.9 Å². The van der Waals surface area contributed by atoms with Crippen LogP contribution >= 0.6 is 0 Å². The molecule has 1 saturated carbocycles. The molecule has 0 bridgehead atoms. The van der Waals surface area contributed by atoms with E-state index in [4.69, 9.17) is 14.5 Å². The highest BCUT2D eigenvalue weighted by molar-refractivity contribution is 7.92. The Kier molecular flexibility index (Phi) is 7.15. The zero-order chi connectivity index (χ0) is 28.8. The summed E-state index contributed by atoms with van der Waals surface area (Å²) < 4.78 is 33.4. The van der Waals surface area contributed by atoms with E-state index in [9.17, 15) is 13.5 Å². The summed E-state index contributed by atoms with van der Waals surface area (Å²) in [5, 5.41) is 28.1. The van der Waals surface area contributed by atoms with E-state index >= 15 is 0 Å². The summed E-state index contributed by atoms with van der Waals surface area (Å²) in [5.41, 5.74) is 3.03. The van der Waals surface area contributed by atoms with E-state index in [-0.39, 0.29) is 11.6 Å². The van der Waals surface area contributed by atoms with Crippen LogP contribution in [-0.4, -0.2) is 82.9 Å². The van der Waals surface area contributed by atoms with Crippen LogP contribution < -0.4 is 14.5 Å². The molecular formula is C28H37N7O5S. The number of aliphatic hydroxyl groups excluding tert-OH is 1. The lowest BCUT2D eigenvalue weighted by atomic mass is 9.93. The number of nitrogens with one attached hydrogen (secondary N) is 1. The number of aliphatic hydroxyl groups is 2. The highest BCUT2D eigenvalue weighted by atomic mass is 32.2. The van der Waals surface area contributed by atoms with E-state index in [2.05, 4.69) is 29.7 Å². The second kappa shape index (κ2) is 10.5. The van der Waals surface area contributed by atoms with Crippen molar-refractivity contribution in [1.82, 2.24) is 20.2 Å². The number of anilines is 3. The number of hydrogen-bond acceptors (Lipinski definition) is 11. The number of benzene rings is 1. The largest absolute Gasteiger partial charge is 0.415 e. The smallest absolute Gasteiger partial charge is 0.266 e. The molecule has 6 rings (SSSR count). The van der Waals surface area contributed by atoms with Gasteiger partial charge >= 0.3 is 0 Å². The van der Waals surface area contributed by atoms with Crippen molar-refractivity contribution in [3.05, 3.63) is 30.0 Å². The monoisotopic (exact) mass is 583 g/mol. The predicted octanol–water partition coefficient (Wildman–Crippen LogP) is 2.97. The van der Waals surface area contributed by atoms with E-state index in [1.54, 1.807) is 24.3 Å². The van der Waals surface area contributed by atoms with E-state index in [1.807, 2.05) is 13.8 Å². The van der Waals surface area contributed by atoms with Crippen molar-refractivity contribution in [3.8, 4) is 23.0 Å². The molecule has 0 amide bonds. The molecule has 41 heavy (non-hydrogen) atoms. The summed E-state index contributed by atoms with van der Waals surface area (Å²) in [6.45, 7) is 6.31. The topological polar surface area (TPSA) is 158 Å². The summed E-state index contributed by atoms with van der Waals surface area (Å²) >= 11 is 0. The van der Waals surface area contributed by atoms with Crippen LogP contribution in [0, 0.1) is 12.3 Å². The second-order valence-electron chi connectivity index (χ2n) is 12.0. The van der Waals surface area contributed by atoms with Gasteiger partial charge in [0.05, 0.1) is 34.9 Å². The highest BCUT2D eigenvalue weighted by Crippen LogP contribution is 2.54. The van der Waals surface area contributed by atoms with Gasteiger partial charge in [-0.25, -0.2) is 18.4 Å². The molecule has 3 aromatic rings. The van der Waals surface area contributed by atoms with Crippen molar-refractivity contribution in [1.29, 1.82) is 0 Å². The average Bonchev–Trinajstić information content (AvgIpc) is 3.48. The minimum Gasteiger partial charge on any atom is -0.415 e. The van der Waals surface area contributed by atoms with Gasteiger partial charge in [-0.05, 0) is 82.1 Å². The van der Waals surface area contributed by atoms with Gasteiger partial charge in [-0.15, -0.1) is 10.2 Å². The Morgan fingerprint density at radius 1 is 0.951 bits per heavy atom. The van der Waals surface area contributed by atoms with Crippen molar-refractivity contribution in [2.45, 2.75) is 58.0 Å². The van der Waals surface area contributed by atoms with Gasteiger partial charge in [-0.2, -0.15) is 0 Å². The zero-order valence-electron chi connectivity index (χ0n) is 23.5. The van der Waals surface area contributed by atoms with Crippen LogP contribution in [0.1, 0.15) is 51.1 Å². The van der Waals surface area contributed by atoms with Gasteiger partial charge in [0.15, 0.2) is 0 Å². The van der Waals surface area contributed by atoms with E-state index < -0.39 is 22.2 Å². The number of aryl methyl sites for hydroxylation is 1. The fourth-order valence-electron chi connectivity index (χ4n) is 5.72. The van der Waals surface area contributed by atoms with Crippen LogP contribution in [0.25, 0.3) is 23.0 Å². The molecule has 220 valence electrons. The maximum absolute atomic E-state index is 12.3. The first-order valence-corrected chi connectivity index (χ1v) is 15.9. The molecule has 1 aromatic carbocycles. The highest BCUT2D eigenvalue weighted by Gasteiger charge is 2.44. The molecular weight excluding hydrogens is 546 g/mol. The van der Waals surface area contributed by atoms with Crippen LogP contribution in [0.4, 0.5) is 17.3 Å². The second-order valence-corrected chi connectivity index (χ2v) is 13.8. The first-order chi connectivity index (χ1) is 19.5. The number of sulfonamides is 1. The zero-order valence-corrected chi connectivity index (χ0v) is 24.3. The summed E-state index contributed by atoms with van der Waals surface area (Å²) in [6, 6.07) is 7.07. The third kappa shape index (κ3) is 6.16. The van der Waals surface area contributed by atoms with Crippen LogP contribution in [0.5, 0.6) is 0 Å². The van der Waals surface area contributed by atoms with E-state index in [0.29, 0.717) is 60.1 Å². The van der Waals surface area contributed by atoms with Crippen LogP contribution in [0.2, 0.25) is 0 Å². The maximum atomic E-state index is 12.3. The number of rotatable bonds is 8. The van der Waals surface area contributed by atoms with Crippen LogP contribution in [-0.2, 0) is 10.0 Å². The normalized spacial score (nSPS) is 19.9. The van der Waals surface area contributed by atoms with Crippen molar-refractivity contribution >= 4 is 27.3 Å². The first kappa shape index (κ1) is 27.9. The van der Waals surface area contributed by atoms with Gasteiger partial charge in [0.1, 0.15) is 5.69 Å². The van der Waals surface area contributed by atoms with Gasteiger partial charge in [-0.3, -0.25) is 4.72 Å². The van der Waals surface area contributed by atoms with Crippen molar-refractivity contribution in [2.75, 3.05) is 53.1 Å². The molecule has 2 saturated heterocycles. The SMILES string of the molecule is Cc1cc(-c2nnc(-c3ccc(NS(=O)(=O)CCO)cc3N3CCC4(CC3)CC4)o2)nc(N2CCC(C)(O)CC2)n1. The maximum Gasteiger partial charge on any atom is 0.266 e. The first-order valence-electron chi connectivity index (χ1n) is 14.2. The van der Waals surface area contributed by atoms with E-state index in [1.165, 1.54) is 12.8 Å². The predicted molar refractivity (Wildman–Crippen MR) is 155 cm³/mol. The number of aromatic nitrogens is 4. The molecule has 4 heterocycles. The Balaban J connectivity index is 1.30. The quantitative estimate of drug-likeness (QED) is 0.358. The molecule has 2 aliphatic heterocycles. The van der Waals surface area contributed by atoms with Crippen molar-refractivity contribution in [3.63, 3.8) is 0 Å². The van der Waals surface area contributed by atoms with Crippen LogP contribution in [0.3, 0.4) is 0 Å². The molecule has 1 aliphatic carbocycles. The van der Waals surface area contributed by atoms with Gasteiger partial charge in [0.25, 0.3) is 5.89 Å². The number of nitrogens with zero attached hydrogens (tertiary/aromatic N) is 6. The molecule has 0 unspecified atom stereocenters. The Hall–Kier alpha value is -3.29. The fourth-order valence-corrected chi connectivity index (χ4v) is 6.54. The average molecular weight is 584 g/mol. The molecule has 1 spiro atoms. The Bertz CT molecular complexity index is 1520. The molecule has 12 nitrogen and oxygen atoms in total. The molecule has 2 aromatic heterocycles. The molecule has 13 heteroatoms. The minimum absolute atomic E-state index is 0.269. The summed E-state index contributed by atoms with van der Waals surface area (Å²) in [4.78, 5) is 13.6. The molecule has 0 atom stereocenters. The molecule has 3 aliphatic rings. The van der Waals surface area contributed by atoms with Crippen LogP contribution in [0.15, 0.2) is 28.7 Å². The molecule has 0 radical (unpaired) electrons. The summed E-state index contributed by atoms with van der Waals surface area (Å²) in [7, 11) is -3.68. The third-order valence-electron chi connectivity index (χ3n) is 8.59. The summed E-state index contributed by atoms with van der Waals surface area (Å²) in [5.74, 6) is 0.779. The standard InChI is InChI=1S/C28H37N7O5S/c1-19-17-22(30-26(29-19)35-11-7-27(2,37)8-12-35)25-32-31-24(40-25)21-4-3-20(33-41(38,39)16-15-36)18-23(21)34-13-9-28(5-6-28)10-14-34/h3-4,17-18,33,36-37H,5-16H2,1-2H3. The fraction of sp³-hybridized carbons (Fsp3) is 0.571. The Morgan fingerprint density at radius 3 is 2.32 bits per heavy atom. The van der Waals surface area contributed by atoms with E-state index in [0.717, 1.165) is 37.3 Å². The molecule has 3 N–H and O–H groups in total. The Morgan fingerprint density at radius 2 is 1.63 bits per heavy atom.